The number of piperidine rings is 1. The number of ether oxygens (including phenoxy) is 1. The summed E-state index contributed by atoms with van der Waals surface area (Å²) in [7, 11) is 0. The molecular weight excluding hydrogens is 290 g/mol. The maximum atomic E-state index is 11.6. The zero-order chi connectivity index (χ0) is 16.2. The molecule has 0 unspecified atom stereocenters. The van der Waals surface area contributed by atoms with Crippen molar-refractivity contribution in [2.24, 2.45) is 5.92 Å². The second kappa shape index (κ2) is 7.12. The molecule has 1 aromatic rings. The van der Waals surface area contributed by atoms with Gasteiger partial charge in [-0.1, -0.05) is 12.1 Å². The molecule has 0 aromatic heterocycles. The average molecular weight is 313 g/mol. The van der Waals surface area contributed by atoms with Gasteiger partial charge in [0.05, 0.1) is 24.3 Å². The molecule has 0 spiro atoms. The fourth-order valence-electron chi connectivity index (χ4n) is 3.54. The van der Waals surface area contributed by atoms with Gasteiger partial charge in [0.25, 0.3) is 0 Å². The lowest BCUT2D eigenvalue weighted by Gasteiger charge is -2.38. The molecule has 2 atom stereocenters. The largest absolute Gasteiger partial charge is 0.375 e. The minimum Gasteiger partial charge on any atom is -0.375 e. The third kappa shape index (κ3) is 3.90. The molecule has 2 heterocycles. The van der Waals surface area contributed by atoms with Gasteiger partial charge in [-0.15, -0.1) is 0 Å². The van der Waals surface area contributed by atoms with Crippen molar-refractivity contribution in [2.45, 2.75) is 26.0 Å². The van der Waals surface area contributed by atoms with Crippen molar-refractivity contribution in [2.75, 3.05) is 32.8 Å². The van der Waals surface area contributed by atoms with E-state index in [1.807, 2.05) is 23.1 Å². The summed E-state index contributed by atoms with van der Waals surface area (Å²) in [5.74, 6) is 0.577. The van der Waals surface area contributed by atoms with Crippen LogP contribution in [-0.2, 0) is 16.1 Å². The molecule has 5 heteroatoms. The number of rotatable bonds is 2. The first-order valence-corrected chi connectivity index (χ1v) is 8.24. The molecule has 2 saturated heterocycles. The van der Waals surface area contributed by atoms with E-state index in [0.717, 1.165) is 32.6 Å². The van der Waals surface area contributed by atoms with Crippen molar-refractivity contribution in [3.8, 4) is 6.07 Å². The van der Waals surface area contributed by atoms with Crippen LogP contribution in [0.25, 0.3) is 0 Å². The van der Waals surface area contributed by atoms with E-state index in [-0.39, 0.29) is 12.0 Å². The van der Waals surface area contributed by atoms with Crippen LogP contribution in [-0.4, -0.2) is 54.6 Å². The first-order valence-electron chi connectivity index (χ1n) is 8.24. The first-order chi connectivity index (χ1) is 11.2. The molecule has 0 radical (unpaired) electrons. The van der Waals surface area contributed by atoms with Gasteiger partial charge >= 0.3 is 0 Å². The van der Waals surface area contributed by atoms with Crippen LogP contribution in [0.3, 0.4) is 0 Å². The maximum absolute atomic E-state index is 11.6. The molecule has 1 aromatic carbocycles. The summed E-state index contributed by atoms with van der Waals surface area (Å²) in [5.41, 5.74) is 1.88. The van der Waals surface area contributed by atoms with Crippen molar-refractivity contribution in [3.05, 3.63) is 35.4 Å². The van der Waals surface area contributed by atoms with Gasteiger partial charge in [0.15, 0.2) is 0 Å². The summed E-state index contributed by atoms with van der Waals surface area (Å²) in [6.45, 7) is 6.53. The first kappa shape index (κ1) is 16.0. The van der Waals surface area contributed by atoms with Crippen LogP contribution in [0, 0.1) is 17.2 Å². The van der Waals surface area contributed by atoms with Gasteiger partial charge in [0.2, 0.25) is 5.91 Å². The van der Waals surface area contributed by atoms with E-state index in [1.54, 1.807) is 6.92 Å². The van der Waals surface area contributed by atoms with Crippen LogP contribution >= 0.6 is 0 Å². The van der Waals surface area contributed by atoms with E-state index in [0.29, 0.717) is 24.6 Å². The number of nitriles is 1. The lowest BCUT2D eigenvalue weighted by Crippen LogP contribution is -2.46. The minimum absolute atomic E-state index is 0.144. The highest BCUT2D eigenvalue weighted by Crippen LogP contribution is 2.25. The highest BCUT2D eigenvalue weighted by Gasteiger charge is 2.33. The topological polar surface area (TPSA) is 56.6 Å². The van der Waals surface area contributed by atoms with Gasteiger partial charge in [-0.3, -0.25) is 9.69 Å². The van der Waals surface area contributed by atoms with Gasteiger partial charge in [-0.2, -0.15) is 5.26 Å². The van der Waals surface area contributed by atoms with Crippen LogP contribution in [0.5, 0.6) is 0 Å². The number of hydrogen-bond donors (Lipinski definition) is 0. The fourth-order valence-corrected chi connectivity index (χ4v) is 3.54. The minimum atomic E-state index is 0.144. The van der Waals surface area contributed by atoms with E-state index in [9.17, 15) is 4.79 Å². The normalized spacial score (nSPS) is 25.3. The number of hydrogen-bond acceptors (Lipinski definition) is 4. The number of fused-ring (bicyclic) bond motifs is 1. The summed E-state index contributed by atoms with van der Waals surface area (Å²) in [5, 5.41) is 9.01. The van der Waals surface area contributed by atoms with E-state index in [4.69, 9.17) is 10.00 Å². The highest BCUT2D eigenvalue weighted by molar-refractivity contribution is 5.73. The van der Waals surface area contributed by atoms with Gasteiger partial charge in [0.1, 0.15) is 0 Å². The SMILES string of the molecule is CC(=O)N1CCO[C@@H]2CN(Cc3cccc(C#N)c3)CC[C@@H]2C1. The summed E-state index contributed by atoms with van der Waals surface area (Å²) in [6.07, 6.45) is 1.25. The maximum Gasteiger partial charge on any atom is 0.219 e. The van der Waals surface area contributed by atoms with Gasteiger partial charge in [-0.25, -0.2) is 0 Å². The smallest absolute Gasteiger partial charge is 0.219 e. The van der Waals surface area contributed by atoms with E-state index in [2.05, 4.69) is 17.0 Å². The van der Waals surface area contributed by atoms with Crippen LogP contribution in [0.15, 0.2) is 24.3 Å². The van der Waals surface area contributed by atoms with Crippen molar-refractivity contribution in [1.29, 1.82) is 5.26 Å². The summed E-state index contributed by atoms with van der Waals surface area (Å²) >= 11 is 0. The Morgan fingerprint density at radius 1 is 1.39 bits per heavy atom. The molecular formula is C18H23N3O2. The molecule has 0 saturated carbocycles. The molecule has 0 bridgehead atoms. The second-order valence-corrected chi connectivity index (χ2v) is 6.47. The average Bonchev–Trinajstić information content (AvgIpc) is 2.77. The van der Waals surface area contributed by atoms with Crippen molar-refractivity contribution in [1.82, 2.24) is 9.80 Å². The quantitative estimate of drug-likeness (QED) is 0.833. The van der Waals surface area contributed by atoms with Gasteiger partial charge < -0.3 is 9.64 Å². The molecule has 122 valence electrons. The predicted octanol–water partition coefficient (Wildman–Crippen LogP) is 1.63. The molecule has 2 aliphatic rings. The number of benzene rings is 1. The predicted molar refractivity (Wildman–Crippen MR) is 86.5 cm³/mol. The van der Waals surface area contributed by atoms with Crippen LogP contribution < -0.4 is 0 Å². The Hall–Kier alpha value is -1.90. The number of nitrogens with zero attached hydrogens (tertiary/aromatic N) is 3. The van der Waals surface area contributed by atoms with E-state index in [1.165, 1.54) is 5.56 Å². The molecule has 1 amide bonds. The summed E-state index contributed by atoms with van der Waals surface area (Å²) in [4.78, 5) is 15.9. The van der Waals surface area contributed by atoms with Crippen LogP contribution in [0.4, 0.5) is 0 Å². The number of carbonyl (C=O) groups excluding carboxylic acids is 1. The van der Waals surface area contributed by atoms with Gasteiger partial charge in [0, 0.05) is 39.0 Å². The molecule has 2 aliphatic heterocycles. The number of likely N-dealkylation sites (tertiary alicyclic amines) is 1. The second-order valence-electron chi connectivity index (χ2n) is 6.47. The lowest BCUT2D eigenvalue weighted by molar-refractivity contribution is -0.129. The van der Waals surface area contributed by atoms with Crippen molar-refractivity contribution < 1.29 is 9.53 Å². The summed E-state index contributed by atoms with van der Waals surface area (Å²) < 4.78 is 6.01. The Morgan fingerprint density at radius 3 is 3.04 bits per heavy atom. The van der Waals surface area contributed by atoms with Crippen LogP contribution in [0.1, 0.15) is 24.5 Å². The third-order valence-electron chi connectivity index (χ3n) is 4.84. The Balaban J connectivity index is 1.61. The highest BCUT2D eigenvalue weighted by atomic mass is 16.5. The zero-order valence-electron chi connectivity index (χ0n) is 13.6. The molecule has 0 N–H and O–H groups in total. The van der Waals surface area contributed by atoms with Crippen molar-refractivity contribution in [3.63, 3.8) is 0 Å². The number of amides is 1. The van der Waals surface area contributed by atoms with Crippen LogP contribution in [0.2, 0.25) is 0 Å². The monoisotopic (exact) mass is 313 g/mol. The van der Waals surface area contributed by atoms with Gasteiger partial charge in [-0.05, 0) is 30.7 Å². The number of carbonyl (C=O) groups is 1. The zero-order valence-corrected chi connectivity index (χ0v) is 13.6. The lowest BCUT2D eigenvalue weighted by atomic mass is 9.93. The Labute approximate surface area is 137 Å². The molecule has 0 aliphatic carbocycles. The molecule has 3 rings (SSSR count). The standard InChI is InChI=1S/C18H23N3O2/c1-14(22)21-7-8-23-18-13-20(6-5-17(18)12-21)11-16-4-2-3-15(9-16)10-19/h2-4,9,17-18H,5-8,11-13H2,1H3/t17-,18-/m1/s1. The fraction of sp³-hybridized carbons (Fsp3) is 0.556. The Kier molecular flexibility index (Phi) is 4.94. The summed E-state index contributed by atoms with van der Waals surface area (Å²) in [6, 6.07) is 9.99. The molecule has 5 nitrogen and oxygen atoms in total. The van der Waals surface area contributed by atoms with Crippen molar-refractivity contribution >= 4 is 5.91 Å². The third-order valence-corrected chi connectivity index (χ3v) is 4.84. The Bertz CT molecular complexity index is 611. The molecule has 23 heavy (non-hydrogen) atoms. The Morgan fingerprint density at radius 2 is 2.26 bits per heavy atom. The van der Waals surface area contributed by atoms with E-state index < -0.39 is 0 Å². The molecule has 2 fully saturated rings. The van der Waals surface area contributed by atoms with E-state index >= 15 is 0 Å².